The van der Waals surface area contributed by atoms with Gasteiger partial charge in [0.15, 0.2) is 0 Å². The fraction of sp³-hybridized carbons (Fsp3) is 0.231. The highest BCUT2D eigenvalue weighted by atomic mass is 32.1. The Bertz CT molecular complexity index is 516. The average molecular weight is 247 g/mol. The monoisotopic (exact) mass is 247 g/mol. The lowest BCUT2D eigenvalue weighted by Gasteiger charge is -1.98. The van der Waals surface area contributed by atoms with E-state index in [1.54, 1.807) is 6.20 Å². The van der Waals surface area contributed by atoms with Crippen LogP contribution in [0, 0.1) is 0 Å². The van der Waals surface area contributed by atoms with E-state index in [1.807, 2.05) is 12.1 Å². The van der Waals surface area contributed by atoms with Crippen LogP contribution in [0.3, 0.4) is 0 Å². The van der Waals surface area contributed by atoms with Gasteiger partial charge in [0.05, 0.1) is 13.3 Å². The minimum absolute atomic E-state index is 0.334. The quantitative estimate of drug-likeness (QED) is 0.782. The number of benzene rings is 1. The molecule has 0 unspecified atom stereocenters. The molecule has 1 aromatic carbocycles. The number of aryl methyl sites for hydroxylation is 1. The van der Waals surface area contributed by atoms with Crippen LogP contribution in [0.25, 0.3) is 10.6 Å². The van der Waals surface area contributed by atoms with E-state index in [0.717, 1.165) is 17.0 Å². The van der Waals surface area contributed by atoms with Crippen molar-refractivity contribution in [2.75, 3.05) is 7.11 Å². The molecule has 1 heterocycles. The number of aromatic nitrogens is 1. The third-order valence-electron chi connectivity index (χ3n) is 2.50. The van der Waals surface area contributed by atoms with E-state index in [2.05, 4.69) is 28.8 Å². The Morgan fingerprint density at radius 1 is 1.35 bits per heavy atom. The maximum atomic E-state index is 11.3. The summed E-state index contributed by atoms with van der Waals surface area (Å²) in [5.41, 5.74) is 2.32. The number of hydrogen-bond acceptors (Lipinski definition) is 4. The Hall–Kier alpha value is -1.68. The molecule has 2 rings (SSSR count). The van der Waals surface area contributed by atoms with E-state index >= 15 is 0 Å². The van der Waals surface area contributed by atoms with Crippen LogP contribution in [0.4, 0.5) is 0 Å². The number of hydrogen-bond donors (Lipinski definition) is 0. The molecule has 0 spiro atoms. The molecule has 0 fully saturated rings. The predicted octanol–water partition coefficient (Wildman–Crippen LogP) is 3.16. The first kappa shape index (κ1) is 11.8. The van der Waals surface area contributed by atoms with Crippen molar-refractivity contribution in [2.45, 2.75) is 13.3 Å². The SMILES string of the molecule is CCc1ccc(-c2ncc(C(=O)OC)s2)cc1. The molecule has 0 N–H and O–H groups in total. The third-order valence-corrected chi connectivity index (χ3v) is 3.53. The maximum absolute atomic E-state index is 11.3. The molecule has 0 amide bonds. The third kappa shape index (κ3) is 2.53. The summed E-state index contributed by atoms with van der Waals surface area (Å²) in [7, 11) is 1.37. The molecule has 0 aliphatic carbocycles. The number of rotatable bonds is 3. The van der Waals surface area contributed by atoms with Crippen LogP contribution in [0.5, 0.6) is 0 Å². The zero-order valence-corrected chi connectivity index (χ0v) is 10.6. The van der Waals surface area contributed by atoms with Gasteiger partial charge in [0.25, 0.3) is 0 Å². The molecular weight excluding hydrogens is 234 g/mol. The zero-order chi connectivity index (χ0) is 12.3. The first-order valence-corrected chi connectivity index (χ1v) is 6.19. The summed E-state index contributed by atoms with van der Waals surface area (Å²) < 4.78 is 4.65. The van der Waals surface area contributed by atoms with Crippen molar-refractivity contribution < 1.29 is 9.53 Å². The van der Waals surface area contributed by atoms with Gasteiger partial charge in [-0.3, -0.25) is 0 Å². The first-order valence-electron chi connectivity index (χ1n) is 5.38. The van der Waals surface area contributed by atoms with E-state index < -0.39 is 0 Å². The summed E-state index contributed by atoms with van der Waals surface area (Å²) in [5, 5.41) is 0.841. The van der Waals surface area contributed by atoms with E-state index in [4.69, 9.17) is 0 Å². The van der Waals surface area contributed by atoms with E-state index in [1.165, 1.54) is 24.0 Å². The van der Waals surface area contributed by atoms with Crippen LogP contribution in [0.2, 0.25) is 0 Å². The molecule has 17 heavy (non-hydrogen) atoms. The normalized spacial score (nSPS) is 10.2. The second-order valence-corrected chi connectivity index (χ2v) is 4.60. The van der Waals surface area contributed by atoms with Gasteiger partial charge >= 0.3 is 5.97 Å². The van der Waals surface area contributed by atoms with Gasteiger partial charge in [-0.2, -0.15) is 0 Å². The van der Waals surface area contributed by atoms with Gasteiger partial charge in [-0.15, -0.1) is 11.3 Å². The van der Waals surface area contributed by atoms with Gasteiger partial charge in [-0.25, -0.2) is 9.78 Å². The van der Waals surface area contributed by atoms with Gasteiger partial charge in [-0.1, -0.05) is 31.2 Å². The lowest BCUT2D eigenvalue weighted by atomic mass is 10.1. The van der Waals surface area contributed by atoms with E-state index in [0.29, 0.717) is 4.88 Å². The summed E-state index contributed by atoms with van der Waals surface area (Å²) in [6.07, 6.45) is 2.57. The largest absolute Gasteiger partial charge is 0.465 e. The molecule has 0 aliphatic heterocycles. The molecule has 0 atom stereocenters. The topological polar surface area (TPSA) is 39.2 Å². The van der Waals surface area contributed by atoms with Crippen LogP contribution in [0.15, 0.2) is 30.5 Å². The number of methoxy groups -OCH3 is 1. The highest BCUT2D eigenvalue weighted by Gasteiger charge is 2.11. The van der Waals surface area contributed by atoms with Crippen LogP contribution in [0.1, 0.15) is 22.2 Å². The van der Waals surface area contributed by atoms with Gasteiger partial charge in [0, 0.05) is 5.56 Å². The van der Waals surface area contributed by atoms with Crippen molar-refractivity contribution in [1.82, 2.24) is 4.98 Å². The van der Waals surface area contributed by atoms with Gasteiger partial charge in [0.2, 0.25) is 0 Å². The molecule has 4 heteroatoms. The minimum atomic E-state index is -0.334. The van der Waals surface area contributed by atoms with Crippen LogP contribution >= 0.6 is 11.3 Å². The summed E-state index contributed by atoms with van der Waals surface area (Å²) in [4.78, 5) is 16.1. The Kier molecular flexibility index (Phi) is 3.54. The number of thiazole rings is 1. The Labute approximate surface area is 104 Å². The average Bonchev–Trinajstić information content (AvgIpc) is 2.87. The van der Waals surface area contributed by atoms with Gasteiger partial charge in [-0.05, 0) is 12.0 Å². The summed E-state index contributed by atoms with van der Waals surface area (Å²) >= 11 is 1.35. The zero-order valence-electron chi connectivity index (χ0n) is 9.77. The molecule has 0 aliphatic rings. The molecule has 0 radical (unpaired) electrons. The highest BCUT2D eigenvalue weighted by Crippen LogP contribution is 2.25. The van der Waals surface area contributed by atoms with Crippen molar-refractivity contribution in [1.29, 1.82) is 0 Å². The second kappa shape index (κ2) is 5.10. The van der Waals surface area contributed by atoms with Crippen molar-refractivity contribution >= 4 is 17.3 Å². The number of ether oxygens (including phenoxy) is 1. The summed E-state index contributed by atoms with van der Waals surface area (Å²) in [6, 6.07) is 8.21. The number of carbonyl (C=O) groups excluding carboxylic acids is 1. The molecule has 0 saturated carbocycles. The molecular formula is C13H13NO2S. The standard InChI is InChI=1S/C13H13NO2S/c1-3-9-4-6-10(7-5-9)12-14-8-11(17-12)13(15)16-2/h4-8H,3H2,1-2H3. The maximum Gasteiger partial charge on any atom is 0.349 e. The molecule has 1 aromatic heterocycles. The van der Waals surface area contributed by atoms with Gasteiger partial charge < -0.3 is 4.74 Å². The summed E-state index contributed by atoms with van der Waals surface area (Å²) in [6.45, 7) is 2.12. The minimum Gasteiger partial charge on any atom is -0.465 e. The number of nitrogens with zero attached hydrogens (tertiary/aromatic N) is 1. The predicted molar refractivity (Wildman–Crippen MR) is 68.3 cm³/mol. The molecule has 3 nitrogen and oxygen atoms in total. The lowest BCUT2D eigenvalue weighted by Crippen LogP contribution is -1.96. The Balaban J connectivity index is 2.27. The fourth-order valence-corrected chi connectivity index (χ4v) is 2.33. The van der Waals surface area contributed by atoms with Crippen LogP contribution in [-0.2, 0) is 11.2 Å². The molecule has 0 bridgehead atoms. The number of carbonyl (C=O) groups is 1. The second-order valence-electron chi connectivity index (χ2n) is 3.57. The first-order chi connectivity index (χ1) is 8.24. The molecule has 0 saturated heterocycles. The van der Waals surface area contributed by atoms with E-state index in [9.17, 15) is 4.79 Å². The lowest BCUT2D eigenvalue weighted by molar-refractivity contribution is 0.0606. The summed E-state index contributed by atoms with van der Waals surface area (Å²) in [5.74, 6) is -0.334. The smallest absolute Gasteiger partial charge is 0.349 e. The van der Waals surface area contributed by atoms with Crippen LogP contribution < -0.4 is 0 Å². The van der Waals surface area contributed by atoms with Crippen LogP contribution in [-0.4, -0.2) is 18.1 Å². The van der Waals surface area contributed by atoms with Crippen molar-refractivity contribution in [3.63, 3.8) is 0 Å². The Morgan fingerprint density at radius 2 is 2.06 bits per heavy atom. The van der Waals surface area contributed by atoms with Crippen molar-refractivity contribution in [2.24, 2.45) is 0 Å². The van der Waals surface area contributed by atoms with Crippen molar-refractivity contribution in [3.05, 3.63) is 40.9 Å². The van der Waals surface area contributed by atoms with Crippen molar-refractivity contribution in [3.8, 4) is 10.6 Å². The van der Waals surface area contributed by atoms with E-state index in [-0.39, 0.29) is 5.97 Å². The molecule has 2 aromatic rings. The van der Waals surface area contributed by atoms with Gasteiger partial charge in [0.1, 0.15) is 9.88 Å². The molecule has 88 valence electrons. The highest BCUT2D eigenvalue weighted by molar-refractivity contribution is 7.16. The Morgan fingerprint density at radius 3 is 2.65 bits per heavy atom. The fourth-order valence-electron chi connectivity index (χ4n) is 1.49. The number of esters is 1.